The Morgan fingerprint density at radius 3 is 2.04 bits per heavy atom. The Bertz CT molecular complexity index is 2290. The van der Waals surface area contributed by atoms with Crippen LogP contribution < -0.4 is 9.44 Å². The van der Waals surface area contributed by atoms with E-state index in [4.69, 9.17) is 0 Å². The third-order valence-electron chi connectivity index (χ3n) is 7.89. The Labute approximate surface area is 295 Å². The van der Waals surface area contributed by atoms with Gasteiger partial charge in [-0.05, 0) is 54.3 Å². The number of hydrogen-bond donors (Lipinski definition) is 2. The van der Waals surface area contributed by atoms with Crippen molar-refractivity contribution < 1.29 is 48.0 Å². The highest BCUT2D eigenvalue weighted by Crippen LogP contribution is 2.38. The summed E-state index contributed by atoms with van der Waals surface area (Å²) < 4.78 is 139. The Morgan fingerprint density at radius 2 is 1.40 bits per heavy atom. The Hall–Kier alpha value is -5.16. The Balaban J connectivity index is 1.57. The maximum absolute atomic E-state index is 14.1. The highest BCUT2D eigenvalue weighted by molar-refractivity contribution is 7.93. The van der Waals surface area contributed by atoms with Crippen LogP contribution in [0.2, 0.25) is 0 Å². The molecule has 1 heterocycles. The molecule has 17 heteroatoms. The van der Waals surface area contributed by atoms with Gasteiger partial charge < -0.3 is 0 Å². The molecule has 0 aliphatic carbocycles. The van der Waals surface area contributed by atoms with Crippen molar-refractivity contribution in [2.45, 2.75) is 49.2 Å². The Morgan fingerprint density at radius 1 is 0.788 bits per heavy atom. The molecule has 0 atom stereocenters. The minimum atomic E-state index is -6.12. The predicted molar refractivity (Wildman–Crippen MR) is 182 cm³/mol. The summed E-state index contributed by atoms with van der Waals surface area (Å²) in [6, 6.07) is 23.6. The smallest absolute Gasteiger partial charge is 0.268 e. The van der Waals surface area contributed by atoms with E-state index in [1.54, 1.807) is 24.3 Å². The van der Waals surface area contributed by atoms with Crippen LogP contribution in [0.3, 0.4) is 0 Å². The summed E-state index contributed by atoms with van der Waals surface area (Å²) in [5.74, 6) is -1.66. The lowest BCUT2D eigenvalue weighted by Gasteiger charge is -2.17. The minimum absolute atomic E-state index is 0.0772. The summed E-state index contributed by atoms with van der Waals surface area (Å²) in [6.07, 6.45) is -4.11. The average molecular weight is 765 g/mol. The van der Waals surface area contributed by atoms with Gasteiger partial charge in [0.15, 0.2) is 0 Å². The number of carbonyl (C=O) groups excluding carboxylic acids is 1. The molecule has 0 aliphatic rings. The maximum Gasteiger partial charge on any atom is 0.516 e. The van der Waals surface area contributed by atoms with Gasteiger partial charge in [-0.3, -0.25) is 9.52 Å². The molecule has 0 radical (unpaired) electrons. The number of unbranched alkanes of at least 4 members (excludes halogenated alkanes) is 1. The maximum atomic E-state index is 14.1. The quantitative estimate of drug-likeness (QED) is 0.125. The molecule has 1 amide bonds. The van der Waals surface area contributed by atoms with Crippen LogP contribution in [-0.4, -0.2) is 38.0 Å². The number of benzene rings is 4. The van der Waals surface area contributed by atoms with Crippen LogP contribution in [0.25, 0.3) is 16.8 Å². The topological polar surface area (TPSA) is 127 Å². The van der Waals surface area contributed by atoms with E-state index in [1.807, 2.05) is 11.6 Å². The molecule has 5 rings (SSSR count). The first kappa shape index (κ1) is 38.1. The fourth-order valence-corrected chi connectivity index (χ4v) is 7.14. The van der Waals surface area contributed by atoms with Crippen LogP contribution in [0.15, 0.2) is 108 Å². The molecular weight excluding hydrogens is 735 g/mol. The molecule has 2 N–H and O–H groups in total. The van der Waals surface area contributed by atoms with E-state index in [2.05, 4.69) is 5.10 Å². The van der Waals surface area contributed by atoms with Crippen molar-refractivity contribution in [3.63, 3.8) is 0 Å². The molecule has 4 aromatic carbocycles. The number of para-hydroxylation sites is 1. The van der Waals surface area contributed by atoms with Gasteiger partial charge in [-0.2, -0.15) is 39.9 Å². The van der Waals surface area contributed by atoms with Gasteiger partial charge in [0.1, 0.15) is 5.82 Å². The number of halogens is 6. The lowest BCUT2D eigenvalue weighted by Crippen LogP contribution is -2.31. The molecule has 274 valence electrons. The first-order chi connectivity index (χ1) is 24.4. The van der Waals surface area contributed by atoms with Crippen LogP contribution >= 0.6 is 0 Å². The fraction of sp³-hybridized carbons (Fsp3) is 0.200. The number of amides is 1. The molecule has 9 nitrogen and oxygen atoms in total. The van der Waals surface area contributed by atoms with Crippen LogP contribution in [-0.2, 0) is 39.1 Å². The molecule has 0 saturated carbocycles. The summed E-state index contributed by atoms with van der Waals surface area (Å²) in [5.41, 5.74) is -6.67. The third-order valence-corrected chi connectivity index (χ3v) is 10.4. The molecule has 0 fully saturated rings. The molecule has 1 aromatic heterocycles. The SMILES string of the molecule is CCCCc1nn(-c2ccccc2C(F)(F)F)c(NS(=O)(=O)C(F)(F)F)c1Cc1ccc(-c2ccccc2S(=O)(=O)NC(=O)c2ccccc2)cc1. The lowest BCUT2D eigenvalue weighted by molar-refractivity contribution is -0.137. The van der Waals surface area contributed by atoms with Crippen molar-refractivity contribution in [3.8, 4) is 16.8 Å². The van der Waals surface area contributed by atoms with Crippen molar-refractivity contribution in [2.24, 2.45) is 0 Å². The molecule has 0 spiro atoms. The third kappa shape index (κ3) is 8.31. The van der Waals surface area contributed by atoms with E-state index < -0.39 is 54.7 Å². The number of alkyl halides is 6. The zero-order valence-corrected chi connectivity index (χ0v) is 28.8. The zero-order chi connectivity index (χ0) is 37.9. The van der Waals surface area contributed by atoms with Crippen LogP contribution in [0.5, 0.6) is 0 Å². The number of anilines is 1. The number of aromatic nitrogens is 2. The van der Waals surface area contributed by atoms with Crippen molar-refractivity contribution in [2.75, 3.05) is 4.72 Å². The second-order valence-corrected chi connectivity index (χ2v) is 14.9. The van der Waals surface area contributed by atoms with Gasteiger partial charge in [-0.1, -0.05) is 86.1 Å². The number of carbonyl (C=O) groups is 1. The second-order valence-electron chi connectivity index (χ2n) is 11.5. The van der Waals surface area contributed by atoms with Crippen molar-refractivity contribution in [1.29, 1.82) is 0 Å². The fourth-order valence-electron chi connectivity index (χ4n) is 5.36. The molecule has 0 saturated heterocycles. The normalized spacial score (nSPS) is 12.4. The van der Waals surface area contributed by atoms with Crippen molar-refractivity contribution >= 4 is 31.8 Å². The highest BCUT2D eigenvalue weighted by atomic mass is 32.2. The van der Waals surface area contributed by atoms with Crippen molar-refractivity contribution in [3.05, 3.63) is 131 Å². The standard InChI is InChI=1S/C35H30F6N4O5S2/c1-2-3-15-29-27(32(43-52(49,50)35(39,40)41)45(42-29)30-16-9-8-14-28(30)34(36,37)38)22-23-18-20-24(21-19-23)26-13-7-10-17-31(26)51(47,48)44-33(46)25-11-5-4-6-12-25/h4-14,16-21,43H,2-3,15,22H2,1H3,(H,44,46). The van der Waals surface area contributed by atoms with E-state index in [0.717, 1.165) is 12.1 Å². The molecule has 5 aromatic rings. The summed E-state index contributed by atoms with van der Waals surface area (Å²) in [4.78, 5) is 12.4. The van der Waals surface area contributed by atoms with Crippen LogP contribution in [0.1, 0.15) is 52.5 Å². The summed E-state index contributed by atoms with van der Waals surface area (Å²) >= 11 is 0. The van der Waals surface area contributed by atoms with E-state index in [0.29, 0.717) is 34.7 Å². The van der Waals surface area contributed by atoms with Gasteiger partial charge in [0.25, 0.3) is 15.9 Å². The molecular formula is C35H30F6N4O5S2. The summed E-state index contributed by atoms with van der Waals surface area (Å²) in [7, 11) is -10.5. The van der Waals surface area contributed by atoms with Crippen LogP contribution in [0.4, 0.5) is 32.2 Å². The number of sulfonamides is 2. The molecule has 0 unspecified atom stereocenters. The van der Waals surface area contributed by atoms with Crippen molar-refractivity contribution in [1.82, 2.24) is 14.5 Å². The number of nitrogens with zero attached hydrogens (tertiary/aromatic N) is 2. The number of nitrogens with one attached hydrogen (secondary N) is 2. The number of rotatable bonds is 12. The second kappa shape index (κ2) is 14.8. The predicted octanol–water partition coefficient (Wildman–Crippen LogP) is 7.87. The molecule has 52 heavy (non-hydrogen) atoms. The lowest BCUT2D eigenvalue weighted by atomic mass is 9.99. The first-order valence-corrected chi connectivity index (χ1v) is 18.6. The van der Waals surface area contributed by atoms with Gasteiger partial charge in [0, 0.05) is 23.1 Å². The monoisotopic (exact) mass is 764 g/mol. The largest absolute Gasteiger partial charge is 0.516 e. The molecule has 0 bridgehead atoms. The first-order valence-electron chi connectivity index (χ1n) is 15.6. The highest BCUT2D eigenvalue weighted by Gasteiger charge is 2.47. The summed E-state index contributed by atoms with van der Waals surface area (Å²) in [5, 5.41) is 4.22. The van der Waals surface area contributed by atoms with Gasteiger partial charge in [-0.15, -0.1) is 0 Å². The molecule has 0 aliphatic heterocycles. The van der Waals surface area contributed by atoms with E-state index in [1.165, 1.54) is 65.4 Å². The minimum Gasteiger partial charge on any atom is -0.268 e. The van der Waals surface area contributed by atoms with Gasteiger partial charge in [0.2, 0.25) is 0 Å². The van der Waals surface area contributed by atoms with Crippen LogP contribution in [0, 0.1) is 0 Å². The van der Waals surface area contributed by atoms with Gasteiger partial charge in [0.05, 0.1) is 21.8 Å². The summed E-state index contributed by atoms with van der Waals surface area (Å²) in [6.45, 7) is 1.81. The average Bonchev–Trinajstić information content (AvgIpc) is 3.42. The number of hydrogen-bond acceptors (Lipinski definition) is 6. The van der Waals surface area contributed by atoms with E-state index in [-0.39, 0.29) is 40.1 Å². The van der Waals surface area contributed by atoms with Gasteiger partial charge >= 0.3 is 21.7 Å². The van der Waals surface area contributed by atoms with E-state index >= 15 is 0 Å². The van der Waals surface area contributed by atoms with E-state index in [9.17, 15) is 48.0 Å². The van der Waals surface area contributed by atoms with Gasteiger partial charge in [-0.25, -0.2) is 17.8 Å². The Kier molecular flexibility index (Phi) is 10.9. The zero-order valence-electron chi connectivity index (χ0n) is 27.2. The number of aryl methyl sites for hydroxylation is 1.